The first-order chi connectivity index (χ1) is 13.8. The number of amidine groups is 1. The van der Waals surface area contributed by atoms with E-state index in [1.54, 1.807) is 0 Å². The minimum atomic E-state index is 0.873. The third-order valence-electron chi connectivity index (χ3n) is 5.17. The largest absolute Gasteiger partial charge is 0.370 e. The highest BCUT2D eigenvalue weighted by molar-refractivity contribution is 6.01. The molecular formula is C25H27N3. The van der Waals surface area contributed by atoms with E-state index in [0.29, 0.717) is 0 Å². The molecule has 3 heteroatoms. The smallest absolute Gasteiger partial charge is 0.128 e. The molecule has 0 spiro atoms. The zero-order valence-corrected chi connectivity index (χ0v) is 16.4. The van der Waals surface area contributed by atoms with E-state index in [9.17, 15) is 0 Å². The fourth-order valence-corrected chi connectivity index (χ4v) is 3.62. The molecule has 3 aromatic rings. The lowest BCUT2D eigenvalue weighted by Gasteiger charge is -2.27. The maximum atomic E-state index is 4.72. The summed E-state index contributed by atoms with van der Waals surface area (Å²) in [6.07, 6.45) is 1.11. The molecule has 142 valence electrons. The molecule has 0 amide bonds. The molecule has 0 atom stereocenters. The molecule has 0 saturated carbocycles. The number of aryl methyl sites for hydroxylation is 1. The lowest BCUT2D eigenvalue weighted by molar-refractivity contribution is 0.741. The maximum Gasteiger partial charge on any atom is 0.128 e. The van der Waals surface area contributed by atoms with Crippen molar-refractivity contribution in [1.82, 2.24) is 5.32 Å². The number of aliphatic imine (C=N–C) groups is 1. The van der Waals surface area contributed by atoms with Crippen molar-refractivity contribution in [1.29, 1.82) is 0 Å². The van der Waals surface area contributed by atoms with Crippen LogP contribution in [0.15, 0.2) is 83.9 Å². The summed E-state index contributed by atoms with van der Waals surface area (Å²) in [4.78, 5) is 7.16. The zero-order chi connectivity index (χ0) is 19.2. The Kier molecular flexibility index (Phi) is 5.72. The Bertz CT molecular complexity index is 891. The summed E-state index contributed by atoms with van der Waals surface area (Å²) in [6, 6.07) is 28.1. The molecule has 3 aromatic carbocycles. The normalized spacial score (nSPS) is 13.5. The monoisotopic (exact) mass is 369 g/mol. The van der Waals surface area contributed by atoms with Gasteiger partial charge < -0.3 is 10.2 Å². The van der Waals surface area contributed by atoms with Gasteiger partial charge in [0.2, 0.25) is 0 Å². The van der Waals surface area contributed by atoms with Gasteiger partial charge in [-0.2, -0.15) is 0 Å². The van der Waals surface area contributed by atoms with Gasteiger partial charge in [0.15, 0.2) is 0 Å². The quantitative estimate of drug-likeness (QED) is 0.666. The maximum absolute atomic E-state index is 4.72. The Labute approximate surface area is 167 Å². The predicted octanol–water partition coefficient (Wildman–Crippen LogP) is 4.94. The van der Waals surface area contributed by atoms with Crippen molar-refractivity contribution in [2.75, 3.05) is 18.0 Å². The van der Waals surface area contributed by atoms with E-state index in [-0.39, 0.29) is 0 Å². The Morgan fingerprint density at radius 1 is 0.857 bits per heavy atom. The number of hydrogen-bond donors (Lipinski definition) is 1. The van der Waals surface area contributed by atoms with E-state index >= 15 is 0 Å². The average molecular weight is 370 g/mol. The van der Waals surface area contributed by atoms with E-state index in [1.807, 2.05) is 0 Å². The predicted molar refractivity (Wildman–Crippen MR) is 118 cm³/mol. The highest BCUT2D eigenvalue weighted by Gasteiger charge is 2.14. The van der Waals surface area contributed by atoms with Gasteiger partial charge in [-0.25, -0.2) is 0 Å². The SMILES string of the molecule is Cc1ccc(N(Cc2ccccc2)Cc2ccccc2)cc1C1=NCCCN1. The van der Waals surface area contributed by atoms with Crippen LogP contribution in [0.3, 0.4) is 0 Å². The molecule has 0 bridgehead atoms. The fourth-order valence-electron chi connectivity index (χ4n) is 3.62. The van der Waals surface area contributed by atoms with Gasteiger partial charge in [0.05, 0.1) is 0 Å². The Balaban J connectivity index is 1.68. The van der Waals surface area contributed by atoms with Crippen LogP contribution in [0.25, 0.3) is 0 Å². The Hall–Kier alpha value is -3.07. The second-order valence-electron chi connectivity index (χ2n) is 7.34. The van der Waals surface area contributed by atoms with Gasteiger partial charge in [0.25, 0.3) is 0 Å². The van der Waals surface area contributed by atoms with Crippen LogP contribution in [-0.4, -0.2) is 18.9 Å². The summed E-state index contributed by atoms with van der Waals surface area (Å²) >= 11 is 0. The molecule has 1 N–H and O–H groups in total. The van der Waals surface area contributed by atoms with Gasteiger partial charge in [-0.3, -0.25) is 4.99 Å². The summed E-state index contributed by atoms with van der Waals surface area (Å²) in [7, 11) is 0. The molecular weight excluding hydrogens is 342 g/mol. The van der Waals surface area contributed by atoms with E-state index in [2.05, 4.69) is 96.0 Å². The van der Waals surface area contributed by atoms with Crippen LogP contribution in [0.1, 0.15) is 28.7 Å². The number of nitrogens with zero attached hydrogens (tertiary/aromatic N) is 2. The summed E-state index contributed by atoms with van der Waals surface area (Å²) in [6.45, 7) is 5.82. The van der Waals surface area contributed by atoms with Crippen molar-refractivity contribution >= 4 is 11.5 Å². The summed E-state index contributed by atoms with van der Waals surface area (Å²) < 4.78 is 0. The lowest BCUT2D eigenvalue weighted by atomic mass is 10.0. The van der Waals surface area contributed by atoms with Crippen LogP contribution in [-0.2, 0) is 13.1 Å². The minimum absolute atomic E-state index is 0.873. The van der Waals surface area contributed by atoms with Gasteiger partial charge in [0, 0.05) is 37.4 Å². The molecule has 1 aliphatic rings. The van der Waals surface area contributed by atoms with Crippen LogP contribution >= 0.6 is 0 Å². The van der Waals surface area contributed by atoms with Crippen molar-refractivity contribution in [3.8, 4) is 0 Å². The third-order valence-corrected chi connectivity index (χ3v) is 5.17. The topological polar surface area (TPSA) is 27.6 Å². The van der Waals surface area contributed by atoms with Gasteiger partial charge in [-0.05, 0) is 42.2 Å². The number of benzene rings is 3. The molecule has 28 heavy (non-hydrogen) atoms. The number of rotatable bonds is 6. The number of hydrogen-bond acceptors (Lipinski definition) is 3. The Morgan fingerprint density at radius 2 is 1.50 bits per heavy atom. The molecule has 3 nitrogen and oxygen atoms in total. The van der Waals surface area contributed by atoms with Gasteiger partial charge in [-0.1, -0.05) is 66.7 Å². The molecule has 0 unspecified atom stereocenters. The highest BCUT2D eigenvalue weighted by atomic mass is 15.1. The van der Waals surface area contributed by atoms with E-state index in [4.69, 9.17) is 4.99 Å². The summed E-state index contributed by atoms with van der Waals surface area (Å²) in [5.74, 6) is 1.03. The lowest BCUT2D eigenvalue weighted by Crippen LogP contribution is -2.31. The van der Waals surface area contributed by atoms with Crippen LogP contribution in [0.5, 0.6) is 0 Å². The van der Waals surface area contributed by atoms with Crippen molar-refractivity contribution in [3.05, 3.63) is 101 Å². The fraction of sp³-hybridized carbons (Fsp3) is 0.240. The van der Waals surface area contributed by atoms with Crippen LogP contribution < -0.4 is 10.2 Å². The van der Waals surface area contributed by atoms with Crippen molar-refractivity contribution < 1.29 is 0 Å². The Morgan fingerprint density at radius 3 is 2.07 bits per heavy atom. The molecule has 0 aromatic heterocycles. The minimum Gasteiger partial charge on any atom is -0.370 e. The molecule has 4 rings (SSSR count). The molecule has 0 radical (unpaired) electrons. The van der Waals surface area contributed by atoms with E-state index in [1.165, 1.54) is 27.9 Å². The van der Waals surface area contributed by atoms with Gasteiger partial charge in [-0.15, -0.1) is 0 Å². The van der Waals surface area contributed by atoms with Crippen molar-refractivity contribution in [3.63, 3.8) is 0 Å². The van der Waals surface area contributed by atoms with Crippen molar-refractivity contribution in [2.24, 2.45) is 4.99 Å². The molecule has 1 heterocycles. The molecule has 1 aliphatic heterocycles. The zero-order valence-electron chi connectivity index (χ0n) is 16.4. The summed E-state index contributed by atoms with van der Waals surface area (Å²) in [5, 5.41) is 3.47. The molecule has 0 aliphatic carbocycles. The van der Waals surface area contributed by atoms with Crippen LogP contribution in [0.4, 0.5) is 5.69 Å². The van der Waals surface area contributed by atoms with Crippen molar-refractivity contribution in [2.45, 2.75) is 26.4 Å². The molecule has 0 saturated heterocycles. The second-order valence-corrected chi connectivity index (χ2v) is 7.34. The first-order valence-electron chi connectivity index (χ1n) is 10.0. The van der Waals surface area contributed by atoms with Crippen LogP contribution in [0, 0.1) is 6.92 Å². The standard InChI is InChI=1S/C25H27N3/c1-20-13-14-23(17-24(20)25-26-15-8-16-27-25)28(18-21-9-4-2-5-10-21)19-22-11-6-3-7-12-22/h2-7,9-14,17H,8,15-16,18-19H2,1H3,(H,26,27). The summed E-state index contributed by atoms with van der Waals surface area (Å²) in [5.41, 5.74) is 6.32. The van der Waals surface area contributed by atoms with E-state index in [0.717, 1.165) is 38.4 Å². The first-order valence-corrected chi connectivity index (χ1v) is 10.0. The average Bonchev–Trinajstić information content (AvgIpc) is 2.76. The third kappa shape index (κ3) is 4.42. The highest BCUT2D eigenvalue weighted by Crippen LogP contribution is 2.24. The number of anilines is 1. The van der Waals surface area contributed by atoms with Gasteiger partial charge in [0.1, 0.15) is 5.84 Å². The van der Waals surface area contributed by atoms with Gasteiger partial charge >= 0.3 is 0 Å². The first kappa shape index (κ1) is 18.3. The second kappa shape index (κ2) is 8.75. The van der Waals surface area contributed by atoms with E-state index < -0.39 is 0 Å². The molecule has 0 fully saturated rings. The van der Waals surface area contributed by atoms with Crippen LogP contribution in [0.2, 0.25) is 0 Å². The number of nitrogens with one attached hydrogen (secondary N) is 1.